The van der Waals surface area contributed by atoms with Gasteiger partial charge in [0.25, 0.3) is 5.56 Å². The Labute approximate surface area is 109 Å². The Hall–Kier alpha value is -2.56. The lowest BCUT2D eigenvalue weighted by Crippen LogP contribution is -2.21. The van der Waals surface area contributed by atoms with Gasteiger partial charge in [0.1, 0.15) is 5.56 Å². The van der Waals surface area contributed by atoms with E-state index in [1.807, 2.05) is 6.07 Å². The number of hydrogen-bond acceptors (Lipinski definition) is 4. The minimum Gasteiger partial charge on any atom is -0.494 e. The molecule has 0 radical (unpaired) electrons. The van der Waals surface area contributed by atoms with Gasteiger partial charge >= 0.3 is 5.97 Å². The molecule has 2 N–H and O–H groups in total. The lowest BCUT2D eigenvalue weighted by molar-refractivity contribution is 0.0525. The SMILES string of the molecule is CCOC(=O)c1c(-c2ccccc2)cc(O)[nH]c1=O. The molecule has 5 nitrogen and oxygen atoms in total. The van der Waals surface area contributed by atoms with Crippen LogP contribution in [0.15, 0.2) is 41.2 Å². The lowest BCUT2D eigenvalue weighted by Gasteiger charge is -2.08. The average molecular weight is 259 g/mol. The number of esters is 1. The highest BCUT2D eigenvalue weighted by atomic mass is 16.5. The van der Waals surface area contributed by atoms with E-state index in [-0.39, 0.29) is 18.1 Å². The van der Waals surface area contributed by atoms with Crippen molar-refractivity contribution < 1.29 is 14.6 Å². The number of aromatic hydroxyl groups is 1. The summed E-state index contributed by atoms with van der Waals surface area (Å²) in [6, 6.07) is 10.2. The molecule has 0 fully saturated rings. The number of rotatable bonds is 3. The van der Waals surface area contributed by atoms with Crippen LogP contribution in [-0.2, 0) is 4.74 Å². The van der Waals surface area contributed by atoms with E-state index in [4.69, 9.17) is 4.74 Å². The summed E-state index contributed by atoms with van der Waals surface area (Å²) in [5.41, 5.74) is 0.232. The Balaban J connectivity index is 2.65. The third-order valence-corrected chi connectivity index (χ3v) is 2.58. The van der Waals surface area contributed by atoms with Crippen molar-refractivity contribution in [2.75, 3.05) is 6.61 Å². The maximum atomic E-state index is 11.8. The number of pyridine rings is 1. The van der Waals surface area contributed by atoms with Crippen LogP contribution in [0.5, 0.6) is 5.88 Å². The van der Waals surface area contributed by atoms with Crippen LogP contribution in [0, 0.1) is 0 Å². The summed E-state index contributed by atoms with van der Waals surface area (Å²) < 4.78 is 4.87. The Bertz CT molecular complexity index is 646. The number of aromatic amines is 1. The van der Waals surface area contributed by atoms with Gasteiger partial charge in [-0.05, 0) is 12.5 Å². The van der Waals surface area contributed by atoms with Gasteiger partial charge in [-0.3, -0.25) is 9.78 Å². The monoisotopic (exact) mass is 259 g/mol. The summed E-state index contributed by atoms with van der Waals surface area (Å²) in [6.07, 6.45) is 0. The van der Waals surface area contributed by atoms with E-state index in [1.165, 1.54) is 6.07 Å². The zero-order valence-corrected chi connectivity index (χ0v) is 10.3. The van der Waals surface area contributed by atoms with E-state index in [9.17, 15) is 14.7 Å². The number of carbonyl (C=O) groups excluding carboxylic acids is 1. The van der Waals surface area contributed by atoms with Crippen LogP contribution < -0.4 is 5.56 Å². The van der Waals surface area contributed by atoms with E-state index in [0.717, 1.165) is 0 Å². The smallest absolute Gasteiger partial charge is 0.344 e. The fraction of sp³-hybridized carbons (Fsp3) is 0.143. The molecule has 0 unspecified atom stereocenters. The molecule has 0 aliphatic carbocycles. The molecular weight excluding hydrogens is 246 g/mol. The maximum Gasteiger partial charge on any atom is 0.344 e. The second kappa shape index (κ2) is 5.39. The number of nitrogens with one attached hydrogen (secondary N) is 1. The first-order chi connectivity index (χ1) is 9.13. The molecule has 2 rings (SSSR count). The van der Waals surface area contributed by atoms with Gasteiger partial charge < -0.3 is 9.84 Å². The van der Waals surface area contributed by atoms with Crippen LogP contribution in [0.2, 0.25) is 0 Å². The number of aromatic nitrogens is 1. The van der Waals surface area contributed by atoms with Crippen molar-refractivity contribution in [1.82, 2.24) is 4.98 Å². The summed E-state index contributed by atoms with van der Waals surface area (Å²) in [6.45, 7) is 1.84. The first-order valence-corrected chi connectivity index (χ1v) is 5.82. The van der Waals surface area contributed by atoms with Crippen LogP contribution in [0.1, 0.15) is 17.3 Å². The summed E-state index contributed by atoms with van der Waals surface area (Å²) in [4.78, 5) is 25.9. The molecule has 0 saturated carbocycles. The summed E-state index contributed by atoms with van der Waals surface area (Å²) in [7, 11) is 0. The Morgan fingerprint density at radius 3 is 2.63 bits per heavy atom. The van der Waals surface area contributed by atoms with Gasteiger partial charge in [-0.2, -0.15) is 0 Å². The Kier molecular flexibility index (Phi) is 3.66. The molecule has 1 heterocycles. The van der Waals surface area contributed by atoms with Gasteiger partial charge in [0.15, 0.2) is 5.88 Å². The van der Waals surface area contributed by atoms with Gasteiger partial charge in [-0.25, -0.2) is 4.79 Å². The molecule has 19 heavy (non-hydrogen) atoms. The van der Waals surface area contributed by atoms with Crippen LogP contribution in [-0.4, -0.2) is 22.7 Å². The van der Waals surface area contributed by atoms with E-state index in [1.54, 1.807) is 31.2 Å². The second-order valence-electron chi connectivity index (χ2n) is 3.86. The largest absolute Gasteiger partial charge is 0.494 e. The molecule has 0 amide bonds. The fourth-order valence-electron chi connectivity index (χ4n) is 1.80. The minimum absolute atomic E-state index is 0.106. The number of hydrogen-bond donors (Lipinski definition) is 2. The highest BCUT2D eigenvalue weighted by Crippen LogP contribution is 2.24. The Morgan fingerprint density at radius 2 is 2.00 bits per heavy atom. The van der Waals surface area contributed by atoms with E-state index >= 15 is 0 Å². The van der Waals surface area contributed by atoms with Crippen molar-refractivity contribution in [2.45, 2.75) is 6.92 Å². The van der Waals surface area contributed by atoms with Crippen LogP contribution in [0.3, 0.4) is 0 Å². The van der Waals surface area contributed by atoms with Gasteiger partial charge in [-0.1, -0.05) is 30.3 Å². The molecule has 0 bridgehead atoms. The summed E-state index contributed by atoms with van der Waals surface area (Å²) in [5.74, 6) is -1.00. The van der Waals surface area contributed by atoms with Crippen molar-refractivity contribution in [3.05, 3.63) is 52.3 Å². The van der Waals surface area contributed by atoms with E-state index in [0.29, 0.717) is 11.1 Å². The second-order valence-corrected chi connectivity index (χ2v) is 3.86. The molecular formula is C14H13NO4. The van der Waals surface area contributed by atoms with Crippen LogP contribution in [0.25, 0.3) is 11.1 Å². The summed E-state index contributed by atoms with van der Waals surface area (Å²) >= 11 is 0. The predicted molar refractivity (Wildman–Crippen MR) is 70.1 cm³/mol. The molecule has 1 aromatic heterocycles. The third-order valence-electron chi connectivity index (χ3n) is 2.58. The predicted octanol–water partition coefficient (Wildman–Crippen LogP) is 1.92. The first kappa shape index (κ1) is 12.9. The topological polar surface area (TPSA) is 79.4 Å². The van der Waals surface area contributed by atoms with Crippen molar-refractivity contribution in [1.29, 1.82) is 0 Å². The molecule has 0 atom stereocenters. The minimum atomic E-state index is -0.706. The van der Waals surface area contributed by atoms with Crippen LogP contribution >= 0.6 is 0 Å². The van der Waals surface area contributed by atoms with Crippen molar-refractivity contribution >= 4 is 5.97 Å². The normalized spacial score (nSPS) is 10.2. The highest BCUT2D eigenvalue weighted by Gasteiger charge is 2.19. The van der Waals surface area contributed by atoms with Crippen molar-refractivity contribution in [3.63, 3.8) is 0 Å². The number of carbonyl (C=O) groups is 1. The lowest BCUT2D eigenvalue weighted by atomic mass is 10.0. The molecule has 2 aromatic rings. The first-order valence-electron chi connectivity index (χ1n) is 5.82. The molecule has 0 spiro atoms. The standard InChI is InChI=1S/C14H13NO4/c1-2-19-14(18)12-10(8-11(16)15-13(12)17)9-6-4-3-5-7-9/h3-8H,2H2,1H3,(H2,15,16,17). The Morgan fingerprint density at radius 1 is 1.32 bits per heavy atom. The molecule has 0 saturated heterocycles. The number of ether oxygens (including phenoxy) is 1. The molecule has 0 aliphatic rings. The van der Waals surface area contributed by atoms with Crippen molar-refractivity contribution in [3.8, 4) is 17.0 Å². The summed E-state index contributed by atoms with van der Waals surface area (Å²) in [5, 5.41) is 9.48. The molecule has 5 heteroatoms. The molecule has 1 aromatic carbocycles. The van der Waals surface area contributed by atoms with E-state index in [2.05, 4.69) is 4.98 Å². The third kappa shape index (κ3) is 2.65. The van der Waals surface area contributed by atoms with Crippen molar-refractivity contribution in [2.24, 2.45) is 0 Å². The molecule has 98 valence electrons. The average Bonchev–Trinajstić information content (AvgIpc) is 2.39. The maximum absolute atomic E-state index is 11.8. The zero-order valence-electron chi connectivity index (χ0n) is 10.3. The number of H-pyrrole nitrogens is 1. The zero-order chi connectivity index (χ0) is 13.8. The quantitative estimate of drug-likeness (QED) is 0.825. The molecule has 0 aliphatic heterocycles. The van der Waals surface area contributed by atoms with Gasteiger partial charge in [0.05, 0.1) is 6.61 Å². The van der Waals surface area contributed by atoms with Gasteiger partial charge in [0.2, 0.25) is 0 Å². The van der Waals surface area contributed by atoms with Gasteiger partial charge in [-0.15, -0.1) is 0 Å². The highest BCUT2D eigenvalue weighted by molar-refractivity contribution is 5.97. The van der Waals surface area contributed by atoms with Crippen LogP contribution in [0.4, 0.5) is 0 Å². The fourth-order valence-corrected chi connectivity index (χ4v) is 1.80. The number of benzene rings is 1. The van der Waals surface area contributed by atoms with Gasteiger partial charge in [0, 0.05) is 11.6 Å². The van der Waals surface area contributed by atoms with E-state index < -0.39 is 11.5 Å².